The zero-order chi connectivity index (χ0) is 15.3. The van der Waals surface area contributed by atoms with Crippen molar-refractivity contribution in [1.82, 2.24) is 4.90 Å². The van der Waals surface area contributed by atoms with Crippen LogP contribution in [0.4, 0.5) is 0 Å². The van der Waals surface area contributed by atoms with Gasteiger partial charge in [0.05, 0.1) is 0 Å². The fourth-order valence-electron chi connectivity index (χ4n) is 4.80. The van der Waals surface area contributed by atoms with Gasteiger partial charge in [-0.1, -0.05) is 42.5 Å². The van der Waals surface area contributed by atoms with Crippen molar-refractivity contribution in [2.45, 2.75) is 44.2 Å². The molecular weight excluding hydrogens is 270 g/mol. The lowest BCUT2D eigenvalue weighted by Crippen LogP contribution is -2.48. The van der Waals surface area contributed by atoms with E-state index < -0.39 is 0 Å². The topological polar surface area (TPSA) is 20.3 Å². The van der Waals surface area contributed by atoms with Crippen LogP contribution in [0.15, 0.2) is 42.5 Å². The van der Waals surface area contributed by atoms with E-state index in [0.717, 1.165) is 6.42 Å². The Morgan fingerprint density at radius 2 is 1.86 bits per heavy atom. The minimum absolute atomic E-state index is 0.157. The first-order valence-corrected chi connectivity index (χ1v) is 8.36. The molecule has 4 unspecified atom stereocenters. The molecule has 2 saturated heterocycles. The standard InChI is InChI=1S/C20H23NO/c1-13(22)20-18(12-17-9-10-19(20)21(17)2)16-8-7-14-5-3-4-6-15(14)11-16/h3-8,11,17-20H,9-10,12H2,1-2H3. The lowest BCUT2D eigenvalue weighted by Gasteiger charge is -2.42. The molecular formula is C20H23NO. The Morgan fingerprint density at radius 3 is 2.64 bits per heavy atom. The molecule has 114 valence electrons. The highest BCUT2D eigenvalue weighted by molar-refractivity contribution is 5.84. The molecule has 2 fully saturated rings. The van der Waals surface area contributed by atoms with Gasteiger partial charge in [0, 0.05) is 18.0 Å². The first-order chi connectivity index (χ1) is 10.6. The van der Waals surface area contributed by atoms with Crippen LogP contribution in [-0.4, -0.2) is 29.8 Å². The van der Waals surface area contributed by atoms with Gasteiger partial charge in [0.2, 0.25) is 0 Å². The second kappa shape index (κ2) is 5.20. The fourth-order valence-corrected chi connectivity index (χ4v) is 4.80. The third-order valence-corrected chi connectivity index (χ3v) is 5.94. The summed E-state index contributed by atoms with van der Waals surface area (Å²) >= 11 is 0. The molecule has 2 heterocycles. The molecule has 0 aromatic heterocycles. The molecule has 2 aliphatic heterocycles. The van der Waals surface area contributed by atoms with Crippen LogP contribution in [0.2, 0.25) is 0 Å². The highest BCUT2D eigenvalue weighted by atomic mass is 16.1. The lowest BCUT2D eigenvalue weighted by atomic mass is 9.74. The lowest BCUT2D eigenvalue weighted by molar-refractivity contribution is -0.124. The predicted molar refractivity (Wildman–Crippen MR) is 90.1 cm³/mol. The van der Waals surface area contributed by atoms with Crippen molar-refractivity contribution in [2.24, 2.45) is 5.92 Å². The third kappa shape index (κ3) is 2.09. The summed E-state index contributed by atoms with van der Waals surface area (Å²) in [6.45, 7) is 1.78. The van der Waals surface area contributed by atoms with Crippen molar-refractivity contribution >= 4 is 16.6 Å². The smallest absolute Gasteiger partial charge is 0.135 e. The van der Waals surface area contributed by atoms with Crippen LogP contribution in [0.25, 0.3) is 10.8 Å². The minimum Gasteiger partial charge on any atom is -0.300 e. The molecule has 4 atom stereocenters. The summed E-state index contributed by atoms with van der Waals surface area (Å²) in [6, 6.07) is 16.3. The molecule has 2 nitrogen and oxygen atoms in total. The Balaban J connectivity index is 1.77. The number of hydrogen-bond acceptors (Lipinski definition) is 2. The minimum atomic E-state index is 0.157. The summed E-state index contributed by atoms with van der Waals surface area (Å²) in [7, 11) is 2.20. The van der Waals surface area contributed by atoms with Crippen molar-refractivity contribution in [3.05, 3.63) is 48.0 Å². The quantitative estimate of drug-likeness (QED) is 0.834. The highest BCUT2D eigenvalue weighted by Crippen LogP contribution is 2.46. The predicted octanol–water partition coefficient (Wildman–Crippen LogP) is 4.00. The van der Waals surface area contributed by atoms with E-state index in [2.05, 4.69) is 54.4 Å². The number of rotatable bonds is 2. The van der Waals surface area contributed by atoms with E-state index in [1.165, 1.54) is 29.2 Å². The van der Waals surface area contributed by atoms with Crippen molar-refractivity contribution in [3.63, 3.8) is 0 Å². The number of benzene rings is 2. The number of carbonyl (C=O) groups excluding carboxylic acids is 1. The first-order valence-electron chi connectivity index (χ1n) is 8.36. The van der Waals surface area contributed by atoms with E-state index in [0.29, 0.717) is 23.8 Å². The van der Waals surface area contributed by atoms with E-state index in [4.69, 9.17) is 0 Å². The van der Waals surface area contributed by atoms with Crippen molar-refractivity contribution in [1.29, 1.82) is 0 Å². The molecule has 4 rings (SSSR count). The molecule has 0 spiro atoms. The Morgan fingerprint density at radius 1 is 1.09 bits per heavy atom. The zero-order valence-corrected chi connectivity index (χ0v) is 13.3. The van der Waals surface area contributed by atoms with E-state index in [-0.39, 0.29) is 5.92 Å². The molecule has 0 aliphatic carbocycles. The maximum atomic E-state index is 12.4. The number of fused-ring (bicyclic) bond motifs is 3. The summed E-state index contributed by atoms with van der Waals surface area (Å²) in [5.74, 6) is 0.899. The van der Waals surface area contributed by atoms with Crippen molar-refractivity contribution < 1.29 is 4.79 Å². The number of piperidine rings is 1. The molecule has 0 amide bonds. The summed E-state index contributed by atoms with van der Waals surface area (Å²) in [5, 5.41) is 2.56. The Labute approximate surface area is 132 Å². The second-order valence-corrected chi connectivity index (χ2v) is 7.05. The first kappa shape index (κ1) is 14.0. The monoisotopic (exact) mass is 293 g/mol. The maximum Gasteiger partial charge on any atom is 0.135 e. The number of carbonyl (C=O) groups is 1. The average Bonchev–Trinajstić information content (AvgIpc) is 2.76. The van der Waals surface area contributed by atoms with Gasteiger partial charge in [-0.2, -0.15) is 0 Å². The van der Waals surface area contributed by atoms with E-state index >= 15 is 0 Å². The zero-order valence-electron chi connectivity index (χ0n) is 13.3. The van der Waals surface area contributed by atoms with Crippen molar-refractivity contribution in [3.8, 4) is 0 Å². The van der Waals surface area contributed by atoms with Crippen LogP contribution in [0.1, 0.15) is 37.7 Å². The van der Waals surface area contributed by atoms with Gasteiger partial charge in [0.15, 0.2) is 0 Å². The normalized spacial score (nSPS) is 31.5. The van der Waals surface area contributed by atoms with E-state index in [1.807, 2.05) is 0 Å². The van der Waals surface area contributed by atoms with Crippen LogP contribution >= 0.6 is 0 Å². The SMILES string of the molecule is CC(=O)C1C(c2ccc3ccccc3c2)CC2CCC1N2C. The molecule has 0 saturated carbocycles. The van der Waals surface area contributed by atoms with Crippen molar-refractivity contribution in [2.75, 3.05) is 7.05 Å². The summed E-state index contributed by atoms with van der Waals surface area (Å²) in [6.07, 6.45) is 3.54. The molecule has 0 N–H and O–H groups in total. The van der Waals surface area contributed by atoms with E-state index in [1.54, 1.807) is 6.92 Å². The van der Waals surface area contributed by atoms with Crippen LogP contribution in [0, 0.1) is 5.92 Å². The molecule has 0 radical (unpaired) electrons. The fraction of sp³-hybridized carbons (Fsp3) is 0.450. The van der Waals surface area contributed by atoms with Gasteiger partial charge < -0.3 is 0 Å². The Hall–Kier alpha value is -1.67. The largest absolute Gasteiger partial charge is 0.300 e. The van der Waals surface area contributed by atoms with E-state index in [9.17, 15) is 4.79 Å². The molecule has 2 aromatic rings. The van der Waals surface area contributed by atoms with Crippen LogP contribution in [0.3, 0.4) is 0 Å². The molecule has 2 aliphatic rings. The summed E-state index contributed by atoms with van der Waals surface area (Å²) in [4.78, 5) is 14.8. The Bertz CT molecular complexity index is 722. The summed E-state index contributed by atoms with van der Waals surface area (Å²) in [5.41, 5.74) is 1.35. The number of Topliss-reactive ketones (excluding diaryl/α,β-unsaturated/α-hetero) is 1. The average molecular weight is 293 g/mol. The van der Waals surface area contributed by atoms with Gasteiger partial charge in [-0.3, -0.25) is 9.69 Å². The molecule has 22 heavy (non-hydrogen) atoms. The number of nitrogens with zero attached hydrogens (tertiary/aromatic N) is 1. The highest BCUT2D eigenvalue weighted by Gasteiger charge is 2.47. The molecule has 2 aromatic carbocycles. The molecule has 2 bridgehead atoms. The van der Waals surface area contributed by atoms with Crippen LogP contribution in [0.5, 0.6) is 0 Å². The number of hydrogen-bond donors (Lipinski definition) is 0. The van der Waals surface area contributed by atoms with Gasteiger partial charge >= 0.3 is 0 Å². The maximum absolute atomic E-state index is 12.4. The van der Waals surface area contributed by atoms with Crippen LogP contribution < -0.4 is 0 Å². The van der Waals surface area contributed by atoms with Gasteiger partial charge in [-0.25, -0.2) is 0 Å². The summed E-state index contributed by atoms with van der Waals surface area (Å²) < 4.78 is 0. The van der Waals surface area contributed by atoms with Gasteiger partial charge in [0.25, 0.3) is 0 Å². The van der Waals surface area contributed by atoms with Gasteiger partial charge in [-0.15, -0.1) is 0 Å². The third-order valence-electron chi connectivity index (χ3n) is 5.94. The number of ketones is 1. The van der Waals surface area contributed by atoms with Crippen LogP contribution in [-0.2, 0) is 4.79 Å². The Kier molecular flexibility index (Phi) is 3.30. The second-order valence-electron chi connectivity index (χ2n) is 7.05. The van der Waals surface area contributed by atoms with Gasteiger partial charge in [0.1, 0.15) is 5.78 Å². The molecule has 2 heteroatoms. The van der Waals surface area contributed by atoms with Gasteiger partial charge in [-0.05, 0) is 55.5 Å².